The molecule has 2 aromatic rings. The summed E-state index contributed by atoms with van der Waals surface area (Å²) in [6.45, 7) is 1.86. The molecular formula is C14H15N3O. The number of nitrogens with one attached hydrogen (secondary N) is 1. The van der Waals surface area contributed by atoms with E-state index < -0.39 is 0 Å². The molecule has 1 aromatic carbocycles. The maximum absolute atomic E-state index is 12.1. The Kier molecular flexibility index (Phi) is 3.57. The highest BCUT2D eigenvalue weighted by Crippen LogP contribution is 2.20. The maximum atomic E-state index is 12.1. The van der Waals surface area contributed by atoms with Gasteiger partial charge in [-0.2, -0.15) is 0 Å². The van der Waals surface area contributed by atoms with Crippen LogP contribution in [0.25, 0.3) is 0 Å². The first-order valence-electron chi connectivity index (χ1n) is 5.74. The second-order valence-electron chi connectivity index (χ2n) is 4.08. The Morgan fingerprint density at radius 2 is 2.00 bits per heavy atom. The minimum Gasteiger partial charge on any atom is -0.396 e. The van der Waals surface area contributed by atoms with Crippen molar-refractivity contribution in [2.24, 2.45) is 0 Å². The number of nitrogen functional groups attached to an aromatic ring is 1. The normalized spacial score (nSPS) is 11.8. The number of carbonyl (C=O) groups excluding carboxylic acids is 1. The van der Waals surface area contributed by atoms with Gasteiger partial charge in [-0.05, 0) is 18.6 Å². The van der Waals surface area contributed by atoms with E-state index in [4.69, 9.17) is 5.73 Å². The predicted molar refractivity (Wildman–Crippen MR) is 72.1 cm³/mol. The van der Waals surface area contributed by atoms with E-state index in [2.05, 4.69) is 10.3 Å². The average molecular weight is 241 g/mol. The molecule has 0 aliphatic heterocycles. The van der Waals surface area contributed by atoms with E-state index in [1.807, 2.05) is 37.3 Å². The van der Waals surface area contributed by atoms with Gasteiger partial charge in [-0.15, -0.1) is 0 Å². The lowest BCUT2D eigenvalue weighted by atomic mass is 10.0. The molecule has 1 aromatic heterocycles. The molecule has 4 heteroatoms. The summed E-state index contributed by atoms with van der Waals surface area (Å²) in [6, 6.07) is 11.3. The van der Waals surface area contributed by atoms with Crippen LogP contribution in [0.2, 0.25) is 0 Å². The standard InChI is InChI=1S/C14H15N3O/c1-10(11-5-3-2-4-6-11)14(18)17-13-7-8-16-9-12(13)15/h2-10H,15H2,1H3,(H,16,17,18). The van der Waals surface area contributed by atoms with Crippen LogP contribution in [0.4, 0.5) is 11.4 Å². The molecule has 0 saturated carbocycles. The van der Waals surface area contributed by atoms with Crippen molar-refractivity contribution in [3.8, 4) is 0 Å². The first-order valence-corrected chi connectivity index (χ1v) is 5.74. The van der Waals surface area contributed by atoms with Gasteiger partial charge in [-0.25, -0.2) is 0 Å². The number of nitrogens with zero attached hydrogens (tertiary/aromatic N) is 1. The highest BCUT2D eigenvalue weighted by Gasteiger charge is 2.15. The second-order valence-corrected chi connectivity index (χ2v) is 4.08. The van der Waals surface area contributed by atoms with Crippen molar-refractivity contribution in [3.63, 3.8) is 0 Å². The summed E-state index contributed by atoms with van der Waals surface area (Å²) in [4.78, 5) is 16.0. The summed E-state index contributed by atoms with van der Waals surface area (Å²) in [5, 5.41) is 2.80. The van der Waals surface area contributed by atoms with Gasteiger partial charge in [-0.3, -0.25) is 9.78 Å². The Bertz CT molecular complexity index is 540. The van der Waals surface area contributed by atoms with E-state index in [1.54, 1.807) is 12.3 Å². The number of hydrogen-bond acceptors (Lipinski definition) is 3. The van der Waals surface area contributed by atoms with Crippen molar-refractivity contribution in [2.45, 2.75) is 12.8 Å². The van der Waals surface area contributed by atoms with E-state index in [9.17, 15) is 4.79 Å². The summed E-state index contributed by atoms with van der Waals surface area (Å²) < 4.78 is 0. The molecule has 18 heavy (non-hydrogen) atoms. The fourth-order valence-electron chi connectivity index (χ4n) is 1.65. The van der Waals surface area contributed by atoms with Gasteiger partial charge in [-0.1, -0.05) is 30.3 Å². The van der Waals surface area contributed by atoms with E-state index in [0.29, 0.717) is 11.4 Å². The number of amides is 1. The van der Waals surface area contributed by atoms with Gasteiger partial charge in [0.2, 0.25) is 5.91 Å². The maximum Gasteiger partial charge on any atom is 0.231 e. The first-order chi connectivity index (χ1) is 8.68. The van der Waals surface area contributed by atoms with Crippen molar-refractivity contribution in [1.29, 1.82) is 0 Å². The third-order valence-corrected chi connectivity index (χ3v) is 2.80. The molecule has 0 bridgehead atoms. The fourth-order valence-corrected chi connectivity index (χ4v) is 1.65. The zero-order valence-corrected chi connectivity index (χ0v) is 10.1. The van der Waals surface area contributed by atoms with Crippen molar-refractivity contribution in [3.05, 3.63) is 54.4 Å². The van der Waals surface area contributed by atoms with Crippen LogP contribution >= 0.6 is 0 Å². The van der Waals surface area contributed by atoms with E-state index in [1.165, 1.54) is 6.20 Å². The topological polar surface area (TPSA) is 68.0 Å². The largest absolute Gasteiger partial charge is 0.396 e. The molecule has 0 saturated heterocycles. The third-order valence-electron chi connectivity index (χ3n) is 2.80. The summed E-state index contributed by atoms with van der Waals surface area (Å²) in [5.74, 6) is -0.308. The Morgan fingerprint density at radius 3 is 2.67 bits per heavy atom. The highest BCUT2D eigenvalue weighted by atomic mass is 16.1. The van der Waals surface area contributed by atoms with Crippen LogP contribution in [0, 0.1) is 0 Å². The summed E-state index contributed by atoms with van der Waals surface area (Å²) in [5.41, 5.74) is 7.76. The number of nitrogens with two attached hydrogens (primary N) is 1. The molecule has 2 rings (SSSR count). The summed E-state index contributed by atoms with van der Waals surface area (Å²) >= 11 is 0. The van der Waals surface area contributed by atoms with E-state index in [0.717, 1.165) is 5.56 Å². The first kappa shape index (κ1) is 12.1. The number of anilines is 2. The van der Waals surface area contributed by atoms with Crippen LogP contribution in [-0.2, 0) is 4.79 Å². The minimum atomic E-state index is -0.223. The van der Waals surface area contributed by atoms with Crippen LogP contribution in [0.3, 0.4) is 0 Å². The molecule has 0 aliphatic rings. The molecule has 1 heterocycles. The van der Waals surface area contributed by atoms with Crippen LogP contribution in [0.5, 0.6) is 0 Å². The Hall–Kier alpha value is -2.36. The number of rotatable bonds is 3. The van der Waals surface area contributed by atoms with Crippen molar-refractivity contribution in [1.82, 2.24) is 4.98 Å². The molecule has 4 nitrogen and oxygen atoms in total. The predicted octanol–water partition coefficient (Wildman–Crippen LogP) is 2.41. The zero-order valence-electron chi connectivity index (χ0n) is 10.1. The van der Waals surface area contributed by atoms with Crippen molar-refractivity contribution >= 4 is 17.3 Å². The lowest BCUT2D eigenvalue weighted by molar-refractivity contribution is -0.117. The van der Waals surface area contributed by atoms with Gasteiger partial charge < -0.3 is 11.1 Å². The number of carbonyl (C=O) groups is 1. The quantitative estimate of drug-likeness (QED) is 0.867. The van der Waals surface area contributed by atoms with Gasteiger partial charge in [0.1, 0.15) is 0 Å². The smallest absolute Gasteiger partial charge is 0.231 e. The number of hydrogen-bond donors (Lipinski definition) is 2. The van der Waals surface area contributed by atoms with E-state index >= 15 is 0 Å². The SMILES string of the molecule is CC(C(=O)Nc1ccncc1N)c1ccccc1. The molecule has 1 amide bonds. The molecule has 1 atom stereocenters. The van der Waals surface area contributed by atoms with Gasteiger partial charge in [0.15, 0.2) is 0 Å². The molecule has 0 spiro atoms. The molecule has 0 fully saturated rings. The Labute approximate surface area is 106 Å². The summed E-state index contributed by atoms with van der Waals surface area (Å²) in [6.07, 6.45) is 3.11. The average Bonchev–Trinajstić information content (AvgIpc) is 2.41. The fraction of sp³-hybridized carbons (Fsp3) is 0.143. The van der Waals surface area contributed by atoms with Gasteiger partial charge >= 0.3 is 0 Å². The van der Waals surface area contributed by atoms with Crippen molar-refractivity contribution < 1.29 is 4.79 Å². The zero-order chi connectivity index (χ0) is 13.0. The van der Waals surface area contributed by atoms with Crippen LogP contribution in [0.1, 0.15) is 18.4 Å². The number of benzene rings is 1. The molecule has 0 aliphatic carbocycles. The lowest BCUT2D eigenvalue weighted by Crippen LogP contribution is -2.19. The van der Waals surface area contributed by atoms with Gasteiger partial charge in [0.25, 0.3) is 0 Å². The molecular weight excluding hydrogens is 226 g/mol. The monoisotopic (exact) mass is 241 g/mol. The van der Waals surface area contributed by atoms with Gasteiger partial charge in [0.05, 0.1) is 23.5 Å². The lowest BCUT2D eigenvalue weighted by Gasteiger charge is -2.13. The highest BCUT2D eigenvalue weighted by molar-refractivity contribution is 5.97. The molecule has 1 unspecified atom stereocenters. The molecule has 3 N–H and O–H groups in total. The summed E-state index contributed by atoms with van der Waals surface area (Å²) in [7, 11) is 0. The molecule has 0 radical (unpaired) electrons. The van der Waals surface area contributed by atoms with Crippen LogP contribution in [0.15, 0.2) is 48.8 Å². The number of aromatic nitrogens is 1. The third kappa shape index (κ3) is 2.66. The molecule has 92 valence electrons. The Balaban J connectivity index is 2.12. The van der Waals surface area contributed by atoms with Gasteiger partial charge in [0, 0.05) is 6.20 Å². The van der Waals surface area contributed by atoms with E-state index in [-0.39, 0.29) is 11.8 Å². The number of pyridine rings is 1. The Morgan fingerprint density at radius 1 is 1.28 bits per heavy atom. The van der Waals surface area contributed by atoms with Crippen molar-refractivity contribution in [2.75, 3.05) is 11.1 Å². The second kappa shape index (κ2) is 5.31. The van der Waals surface area contributed by atoms with Crippen LogP contribution < -0.4 is 11.1 Å². The van der Waals surface area contributed by atoms with Crippen LogP contribution in [-0.4, -0.2) is 10.9 Å². The minimum absolute atomic E-state index is 0.0842.